The molecule has 1 aromatic heterocycles. The first-order chi connectivity index (χ1) is 15.7. The predicted octanol–water partition coefficient (Wildman–Crippen LogP) is 4.66. The van der Waals surface area contributed by atoms with Gasteiger partial charge in [-0.25, -0.2) is 13.6 Å². The van der Waals surface area contributed by atoms with Crippen molar-refractivity contribution in [2.45, 2.75) is 44.6 Å². The van der Waals surface area contributed by atoms with Gasteiger partial charge in [-0.15, -0.1) is 0 Å². The van der Waals surface area contributed by atoms with Crippen LogP contribution in [0.25, 0.3) is 0 Å². The van der Waals surface area contributed by atoms with Gasteiger partial charge in [-0.1, -0.05) is 24.3 Å². The number of amides is 1. The van der Waals surface area contributed by atoms with Gasteiger partial charge in [-0.2, -0.15) is 13.8 Å². The highest BCUT2D eigenvalue weighted by Gasteiger charge is 2.34. The first-order valence-electron chi connectivity index (χ1n) is 10.9. The maximum absolute atomic E-state index is 13.8. The van der Waals surface area contributed by atoms with E-state index in [0.717, 1.165) is 31.9 Å². The number of hydrogen-bond donors (Lipinski definition) is 1. The van der Waals surface area contributed by atoms with Crippen LogP contribution in [0.4, 0.5) is 8.78 Å². The maximum Gasteiger partial charge on any atom is 0.303 e. The summed E-state index contributed by atoms with van der Waals surface area (Å²) < 4.78 is 50.4. The van der Waals surface area contributed by atoms with E-state index < -0.39 is 27.4 Å². The van der Waals surface area contributed by atoms with Crippen LogP contribution in [0.5, 0.6) is 11.6 Å². The van der Waals surface area contributed by atoms with Crippen molar-refractivity contribution in [2.75, 3.05) is 12.3 Å². The standard InChI is InChI=1S/C23H26F2N4O3S/c1-23(24,25)22-26-15-18(21(29-22)32-17-7-3-2-4-8-17)20(30)28-19(16-9-10-16)11-14-33(31)13-6-5-12-27-33/h2-4,7-8,11,14-16,19H,5-6,9-10,12-13H2,1H3,(H,28,30)/b14-11+. The van der Waals surface area contributed by atoms with E-state index in [9.17, 15) is 17.8 Å². The highest BCUT2D eigenvalue weighted by Crippen LogP contribution is 2.34. The van der Waals surface area contributed by atoms with Crippen molar-refractivity contribution in [1.29, 1.82) is 0 Å². The third-order valence-electron chi connectivity index (χ3n) is 5.43. The van der Waals surface area contributed by atoms with Crippen LogP contribution >= 0.6 is 0 Å². The Balaban J connectivity index is 1.59. The largest absolute Gasteiger partial charge is 0.438 e. The van der Waals surface area contributed by atoms with Gasteiger partial charge >= 0.3 is 5.92 Å². The summed E-state index contributed by atoms with van der Waals surface area (Å²) in [6.07, 6.45) is 6.46. The van der Waals surface area contributed by atoms with Gasteiger partial charge in [0.2, 0.25) is 11.7 Å². The van der Waals surface area contributed by atoms with Gasteiger partial charge in [-0.05, 0) is 43.7 Å². The summed E-state index contributed by atoms with van der Waals surface area (Å²) in [5, 5.41) is 4.52. The van der Waals surface area contributed by atoms with Crippen molar-refractivity contribution in [3.8, 4) is 11.6 Å². The number of para-hydroxylation sites is 1. The lowest BCUT2D eigenvalue weighted by atomic mass is 10.1. The highest BCUT2D eigenvalue weighted by atomic mass is 32.2. The molecule has 2 aliphatic rings. The fourth-order valence-electron chi connectivity index (χ4n) is 3.44. The SMILES string of the molecule is CC(F)(F)c1ncc(C(=O)NC(/C=C/S2(=O)=NCCCC2)C2CC2)c(Oc2ccccc2)n1. The summed E-state index contributed by atoms with van der Waals surface area (Å²) in [6.45, 7) is 1.26. The third-order valence-corrected chi connectivity index (χ3v) is 7.51. The number of ether oxygens (including phenoxy) is 1. The molecule has 2 unspecified atom stereocenters. The van der Waals surface area contributed by atoms with Gasteiger partial charge in [0.15, 0.2) is 0 Å². The summed E-state index contributed by atoms with van der Waals surface area (Å²) >= 11 is 0. The van der Waals surface area contributed by atoms with Gasteiger partial charge in [0, 0.05) is 30.8 Å². The summed E-state index contributed by atoms with van der Waals surface area (Å²) in [4.78, 5) is 20.6. The quantitative estimate of drug-likeness (QED) is 0.598. The average molecular weight is 477 g/mol. The number of carbonyl (C=O) groups is 1. The van der Waals surface area contributed by atoms with Crippen LogP contribution in [-0.4, -0.2) is 38.4 Å². The van der Waals surface area contributed by atoms with Crippen molar-refractivity contribution >= 4 is 15.6 Å². The molecule has 2 aromatic rings. The van der Waals surface area contributed by atoms with Crippen molar-refractivity contribution in [1.82, 2.24) is 15.3 Å². The van der Waals surface area contributed by atoms with Crippen LogP contribution in [-0.2, 0) is 15.7 Å². The lowest BCUT2D eigenvalue weighted by Gasteiger charge is -2.18. The second kappa shape index (κ2) is 9.54. The predicted molar refractivity (Wildman–Crippen MR) is 121 cm³/mol. The molecule has 1 aliphatic heterocycles. The zero-order valence-electron chi connectivity index (χ0n) is 18.2. The fourth-order valence-corrected chi connectivity index (χ4v) is 5.26. The Morgan fingerprint density at radius 3 is 2.67 bits per heavy atom. The lowest BCUT2D eigenvalue weighted by Crippen LogP contribution is -2.35. The van der Waals surface area contributed by atoms with E-state index in [1.165, 1.54) is 0 Å². The van der Waals surface area contributed by atoms with E-state index in [0.29, 0.717) is 25.0 Å². The van der Waals surface area contributed by atoms with E-state index >= 15 is 0 Å². The molecule has 0 spiro atoms. The molecular weight excluding hydrogens is 450 g/mol. The van der Waals surface area contributed by atoms with E-state index in [1.807, 2.05) is 0 Å². The number of rotatable bonds is 8. The Kier molecular flexibility index (Phi) is 6.73. The van der Waals surface area contributed by atoms with Crippen molar-refractivity contribution < 1.29 is 22.5 Å². The molecule has 4 rings (SSSR count). The molecule has 1 saturated carbocycles. The van der Waals surface area contributed by atoms with Crippen LogP contribution in [0.3, 0.4) is 0 Å². The Morgan fingerprint density at radius 1 is 1.27 bits per heavy atom. The fraction of sp³-hybridized carbons (Fsp3) is 0.435. The van der Waals surface area contributed by atoms with E-state index in [2.05, 4.69) is 19.6 Å². The smallest absolute Gasteiger partial charge is 0.303 e. The number of hydrogen-bond acceptors (Lipinski definition) is 6. The Labute approximate surface area is 191 Å². The van der Waals surface area contributed by atoms with E-state index in [-0.39, 0.29) is 23.4 Å². The van der Waals surface area contributed by atoms with Gasteiger partial charge in [-0.3, -0.25) is 4.79 Å². The topological polar surface area (TPSA) is 93.5 Å². The summed E-state index contributed by atoms with van der Waals surface area (Å²) in [7, 11) is -2.40. The molecule has 7 nitrogen and oxygen atoms in total. The molecule has 2 heterocycles. The van der Waals surface area contributed by atoms with Crippen molar-refractivity contribution in [3.63, 3.8) is 0 Å². The zero-order chi connectivity index (χ0) is 23.5. The minimum Gasteiger partial charge on any atom is -0.438 e. The number of halogens is 2. The monoisotopic (exact) mass is 476 g/mol. The number of nitrogens with zero attached hydrogens (tertiary/aromatic N) is 3. The van der Waals surface area contributed by atoms with E-state index in [4.69, 9.17) is 4.74 Å². The summed E-state index contributed by atoms with van der Waals surface area (Å²) in [5.41, 5.74) is -0.0579. The number of carbonyl (C=O) groups excluding carboxylic acids is 1. The van der Waals surface area contributed by atoms with Gasteiger partial charge in [0.05, 0.1) is 15.8 Å². The van der Waals surface area contributed by atoms with Gasteiger partial charge in [0.25, 0.3) is 5.91 Å². The number of alkyl halides is 2. The maximum atomic E-state index is 13.8. The number of benzene rings is 1. The first-order valence-corrected chi connectivity index (χ1v) is 12.7. The molecule has 1 amide bonds. The molecule has 1 aliphatic carbocycles. The Morgan fingerprint density at radius 2 is 2.03 bits per heavy atom. The van der Waals surface area contributed by atoms with Crippen LogP contribution in [0, 0.1) is 5.92 Å². The first kappa shape index (κ1) is 23.3. The molecule has 1 N–H and O–H groups in total. The van der Waals surface area contributed by atoms with Crippen LogP contribution in [0.1, 0.15) is 48.8 Å². The molecule has 10 heteroatoms. The minimum absolute atomic E-state index is 0.0579. The molecular formula is C23H26F2N4O3S. The van der Waals surface area contributed by atoms with Crippen LogP contribution in [0.2, 0.25) is 0 Å². The third kappa shape index (κ3) is 6.13. The van der Waals surface area contributed by atoms with E-state index in [1.54, 1.807) is 41.8 Å². The van der Waals surface area contributed by atoms with Gasteiger partial charge < -0.3 is 10.1 Å². The molecule has 0 saturated heterocycles. The molecule has 1 fully saturated rings. The number of nitrogens with one attached hydrogen (secondary N) is 1. The van der Waals surface area contributed by atoms with Crippen LogP contribution in [0.15, 0.2) is 52.4 Å². The lowest BCUT2D eigenvalue weighted by molar-refractivity contribution is 0.00707. The van der Waals surface area contributed by atoms with Crippen molar-refractivity contribution in [2.24, 2.45) is 10.3 Å². The Hall–Kier alpha value is -2.88. The average Bonchev–Trinajstić information content (AvgIpc) is 3.62. The molecule has 176 valence electrons. The normalized spacial score (nSPS) is 21.9. The molecule has 33 heavy (non-hydrogen) atoms. The second-order valence-electron chi connectivity index (χ2n) is 8.33. The molecule has 2 atom stereocenters. The van der Waals surface area contributed by atoms with Crippen LogP contribution < -0.4 is 10.1 Å². The summed E-state index contributed by atoms with van der Waals surface area (Å²) in [6, 6.07) is 8.13. The highest BCUT2D eigenvalue weighted by molar-refractivity contribution is 7.96. The molecule has 0 radical (unpaired) electrons. The van der Waals surface area contributed by atoms with Gasteiger partial charge in [0.1, 0.15) is 11.3 Å². The second-order valence-corrected chi connectivity index (χ2v) is 10.7. The van der Waals surface area contributed by atoms with Crippen molar-refractivity contribution in [3.05, 3.63) is 59.4 Å². The molecule has 1 aromatic carbocycles. The Bertz CT molecular complexity index is 1150. The zero-order valence-corrected chi connectivity index (χ0v) is 19.1. The molecule has 0 bridgehead atoms. The number of aromatic nitrogens is 2. The minimum atomic E-state index is -3.29. The summed E-state index contributed by atoms with van der Waals surface area (Å²) in [5.74, 6) is -3.75.